The highest BCUT2D eigenvalue weighted by Crippen LogP contribution is 2.23. The van der Waals surface area contributed by atoms with Gasteiger partial charge in [-0.15, -0.1) is 0 Å². The monoisotopic (exact) mass is 288 g/mol. The first kappa shape index (κ1) is 15.6. The van der Waals surface area contributed by atoms with Crippen LogP contribution in [0.15, 0.2) is 24.3 Å². The molecular weight excluding hydrogens is 264 g/mol. The highest BCUT2D eigenvalue weighted by molar-refractivity contribution is 5.90. The third-order valence-corrected chi connectivity index (χ3v) is 3.86. The van der Waals surface area contributed by atoms with Gasteiger partial charge in [0.15, 0.2) is 0 Å². The summed E-state index contributed by atoms with van der Waals surface area (Å²) in [6, 6.07) is 8.22. The number of nitrogens with zero attached hydrogens (tertiary/aromatic N) is 1. The number of H-pyrrole nitrogens is 1. The second-order valence-corrected chi connectivity index (χ2v) is 5.71. The van der Waals surface area contributed by atoms with E-state index >= 15 is 0 Å². The minimum atomic E-state index is 0.114. The van der Waals surface area contributed by atoms with Crippen LogP contribution in [-0.2, 0) is 11.2 Å². The zero-order valence-corrected chi connectivity index (χ0v) is 13.0. The molecule has 21 heavy (non-hydrogen) atoms. The Balaban J connectivity index is 2.22. The van der Waals surface area contributed by atoms with Gasteiger partial charge in [-0.3, -0.25) is 4.79 Å². The maximum Gasteiger partial charge on any atom is 0.227 e. The molecule has 1 heterocycles. The van der Waals surface area contributed by atoms with Crippen molar-refractivity contribution in [3.05, 3.63) is 35.5 Å². The number of aromatic amines is 1. The Bertz CT molecular complexity index is 616. The summed E-state index contributed by atoms with van der Waals surface area (Å²) >= 11 is 0. The Kier molecular flexibility index (Phi) is 5.02. The molecule has 0 aliphatic carbocycles. The lowest BCUT2D eigenvalue weighted by atomic mass is 10.1. The van der Waals surface area contributed by atoms with E-state index < -0.39 is 0 Å². The Hall–Kier alpha value is -1.81. The highest BCUT2D eigenvalue weighted by Gasteiger charge is 2.19. The summed E-state index contributed by atoms with van der Waals surface area (Å²) in [6.07, 6.45) is 1.02. The van der Waals surface area contributed by atoms with E-state index in [2.05, 4.69) is 11.1 Å². The lowest BCUT2D eigenvalue weighted by molar-refractivity contribution is -0.132. The van der Waals surface area contributed by atoms with Crippen molar-refractivity contribution in [1.29, 1.82) is 0 Å². The second-order valence-electron chi connectivity index (χ2n) is 5.71. The molecule has 0 saturated carbocycles. The van der Waals surface area contributed by atoms with Gasteiger partial charge >= 0.3 is 0 Å². The molecule has 0 aliphatic rings. The molecule has 0 fully saturated rings. The minimum absolute atomic E-state index is 0.114. The number of hydrogen-bond acceptors (Lipinski definition) is 2. The molecule has 4 heteroatoms. The van der Waals surface area contributed by atoms with E-state index in [1.165, 1.54) is 0 Å². The molecule has 0 saturated heterocycles. The lowest BCUT2D eigenvalue weighted by Gasteiger charge is -2.26. The number of benzene rings is 1. The molecular formula is C17H24N2O2. The van der Waals surface area contributed by atoms with Gasteiger partial charge in [-0.05, 0) is 38.8 Å². The Labute approximate surface area is 125 Å². The smallest absolute Gasteiger partial charge is 0.227 e. The lowest BCUT2D eigenvalue weighted by Crippen LogP contribution is -2.39. The predicted molar refractivity (Wildman–Crippen MR) is 85.3 cm³/mol. The summed E-state index contributed by atoms with van der Waals surface area (Å²) in [6.45, 7) is 6.75. The summed E-state index contributed by atoms with van der Waals surface area (Å²) in [5, 5.41) is 10.1. The number of rotatable bonds is 6. The average molecular weight is 288 g/mol. The molecule has 0 spiro atoms. The summed E-state index contributed by atoms with van der Waals surface area (Å²) in [5.74, 6) is 0.117. The molecule has 1 aromatic carbocycles. The molecule has 0 atom stereocenters. The Morgan fingerprint density at radius 2 is 2.05 bits per heavy atom. The van der Waals surface area contributed by atoms with Crippen molar-refractivity contribution in [2.24, 2.45) is 0 Å². The fourth-order valence-electron chi connectivity index (χ4n) is 2.73. The first-order chi connectivity index (χ1) is 10.0. The van der Waals surface area contributed by atoms with Gasteiger partial charge in [0, 0.05) is 35.8 Å². The fraction of sp³-hybridized carbons (Fsp3) is 0.471. The van der Waals surface area contributed by atoms with Crippen molar-refractivity contribution in [3.63, 3.8) is 0 Å². The van der Waals surface area contributed by atoms with E-state index in [0.29, 0.717) is 19.4 Å². The van der Waals surface area contributed by atoms with Crippen molar-refractivity contribution in [2.45, 2.75) is 39.7 Å². The van der Waals surface area contributed by atoms with Crippen molar-refractivity contribution in [1.82, 2.24) is 9.88 Å². The zero-order chi connectivity index (χ0) is 15.4. The maximum atomic E-state index is 12.6. The Morgan fingerprint density at radius 1 is 1.33 bits per heavy atom. The van der Waals surface area contributed by atoms with Gasteiger partial charge in [-0.25, -0.2) is 0 Å². The normalized spacial score (nSPS) is 11.3. The highest BCUT2D eigenvalue weighted by atomic mass is 16.3. The van der Waals surface area contributed by atoms with E-state index in [9.17, 15) is 4.79 Å². The SMILES string of the molecule is Cc1[nH]c2ccccc2c1CC(=O)N(CCCO)C(C)C. The first-order valence-electron chi connectivity index (χ1n) is 7.51. The largest absolute Gasteiger partial charge is 0.396 e. The maximum absolute atomic E-state index is 12.6. The van der Waals surface area contributed by atoms with Gasteiger partial charge in [0.05, 0.1) is 6.42 Å². The average Bonchev–Trinajstić information content (AvgIpc) is 2.75. The third kappa shape index (κ3) is 3.45. The summed E-state index contributed by atoms with van der Waals surface area (Å²) in [4.78, 5) is 17.8. The number of carbonyl (C=O) groups is 1. The van der Waals surface area contributed by atoms with Gasteiger partial charge in [-0.2, -0.15) is 0 Å². The molecule has 0 radical (unpaired) electrons. The van der Waals surface area contributed by atoms with Crippen LogP contribution in [0.3, 0.4) is 0 Å². The third-order valence-electron chi connectivity index (χ3n) is 3.86. The standard InChI is InChI=1S/C17H24N2O2/c1-12(2)19(9-6-10-20)17(21)11-15-13(3)18-16-8-5-4-7-14(15)16/h4-5,7-8,12,18,20H,6,9-11H2,1-3H3. The zero-order valence-electron chi connectivity index (χ0n) is 13.0. The van der Waals surface area contributed by atoms with Gasteiger partial charge in [0.25, 0.3) is 0 Å². The predicted octanol–water partition coefficient (Wildman–Crippen LogP) is 2.64. The van der Waals surface area contributed by atoms with E-state index in [1.54, 1.807) is 0 Å². The number of carbonyl (C=O) groups excluding carboxylic acids is 1. The Morgan fingerprint density at radius 3 is 2.71 bits per heavy atom. The molecule has 2 N–H and O–H groups in total. The minimum Gasteiger partial charge on any atom is -0.396 e. The molecule has 0 aliphatic heterocycles. The van der Waals surface area contributed by atoms with Crippen molar-refractivity contribution < 1.29 is 9.90 Å². The number of aryl methyl sites for hydroxylation is 1. The van der Waals surface area contributed by atoms with E-state index in [4.69, 9.17) is 5.11 Å². The first-order valence-corrected chi connectivity index (χ1v) is 7.51. The number of aromatic nitrogens is 1. The van der Waals surface area contributed by atoms with Gasteiger partial charge in [0.1, 0.15) is 0 Å². The van der Waals surface area contributed by atoms with Gasteiger partial charge in [-0.1, -0.05) is 18.2 Å². The molecule has 1 aromatic heterocycles. The van der Waals surface area contributed by atoms with Gasteiger partial charge < -0.3 is 15.0 Å². The van der Waals surface area contributed by atoms with Crippen LogP contribution in [0, 0.1) is 6.92 Å². The summed E-state index contributed by atoms with van der Waals surface area (Å²) < 4.78 is 0. The van der Waals surface area contributed by atoms with Crippen LogP contribution in [0.5, 0.6) is 0 Å². The number of nitrogens with one attached hydrogen (secondary N) is 1. The quantitative estimate of drug-likeness (QED) is 0.858. The van der Waals surface area contributed by atoms with E-state index in [0.717, 1.165) is 22.2 Å². The molecule has 4 nitrogen and oxygen atoms in total. The summed E-state index contributed by atoms with van der Waals surface area (Å²) in [5.41, 5.74) is 3.20. The number of aliphatic hydroxyl groups excluding tert-OH is 1. The van der Waals surface area contributed by atoms with Crippen LogP contribution < -0.4 is 0 Å². The van der Waals surface area contributed by atoms with Gasteiger partial charge in [0.2, 0.25) is 5.91 Å². The van der Waals surface area contributed by atoms with Crippen LogP contribution in [0.25, 0.3) is 10.9 Å². The van der Waals surface area contributed by atoms with Crippen molar-refractivity contribution in [2.75, 3.05) is 13.2 Å². The molecule has 0 unspecified atom stereocenters. The number of para-hydroxylation sites is 1. The van der Waals surface area contributed by atoms with Crippen molar-refractivity contribution >= 4 is 16.8 Å². The number of amides is 1. The second kappa shape index (κ2) is 6.76. The molecule has 2 aromatic rings. The number of aliphatic hydroxyl groups is 1. The van der Waals surface area contributed by atoms with Crippen LogP contribution in [0.1, 0.15) is 31.5 Å². The van der Waals surface area contributed by atoms with E-state index in [1.807, 2.05) is 43.9 Å². The van der Waals surface area contributed by atoms with Crippen LogP contribution in [0.4, 0.5) is 0 Å². The molecule has 1 amide bonds. The molecule has 114 valence electrons. The van der Waals surface area contributed by atoms with Crippen molar-refractivity contribution in [3.8, 4) is 0 Å². The fourth-order valence-corrected chi connectivity index (χ4v) is 2.73. The summed E-state index contributed by atoms with van der Waals surface area (Å²) in [7, 11) is 0. The molecule has 0 bridgehead atoms. The van der Waals surface area contributed by atoms with Crippen LogP contribution >= 0.6 is 0 Å². The van der Waals surface area contributed by atoms with E-state index in [-0.39, 0.29) is 18.6 Å². The van der Waals surface area contributed by atoms with Crippen LogP contribution in [-0.4, -0.2) is 40.1 Å². The number of fused-ring (bicyclic) bond motifs is 1. The topological polar surface area (TPSA) is 56.3 Å². The van der Waals surface area contributed by atoms with Crippen LogP contribution in [0.2, 0.25) is 0 Å². The molecule has 2 rings (SSSR count). The number of hydrogen-bond donors (Lipinski definition) is 2.